The summed E-state index contributed by atoms with van der Waals surface area (Å²) in [6.07, 6.45) is 13.4. The number of nitrogens with one attached hydrogen (secondary N) is 1. The Morgan fingerprint density at radius 1 is 0.893 bits per heavy atom. The van der Waals surface area contributed by atoms with Gasteiger partial charge in [0, 0.05) is 6.04 Å². The van der Waals surface area contributed by atoms with E-state index in [9.17, 15) is 9.59 Å². The molecule has 1 fully saturated rings. The maximum Gasteiger partial charge on any atom is 0.283 e. The lowest BCUT2D eigenvalue weighted by Gasteiger charge is -2.21. The normalized spacial score (nSPS) is 20.9. The van der Waals surface area contributed by atoms with Gasteiger partial charge in [-0.3, -0.25) is 9.59 Å². The molecule has 28 heavy (non-hydrogen) atoms. The summed E-state index contributed by atoms with van der Waals surface area (Å²) in [7, 11) is 0. The van der Waals surface area contributed by atoms with Gasteiger partial charge in [0.1, 0.15) is 10.7 Å². The number of hydrogen-bond acceptors (Lipinski definition) is 3. The number of benzene rings is 1. The van der Waals surface area contributed by atoms with Crippen molar-refractivity contribution in [3.8, 4) is 0 Å². The van der Waals surface area contributed by atoms with Crippen LogP contribution in [-0.4, -0.2) is 17.9 Å². The summed E-state index contributed by atoms with van der Waals surface area (Å²) in [6.45, 7) is 1.94. The topological polar surface area (TPSA) is 49.4 Å². The highest BCUT2D eigenvalue weighted by Gasteiger charge is 2.39. The zero-order valence-corrected chi connectivity index (χ0v) is 17.6. The van der Waals surface area contributed by atoms with E-state index in [1.807, 2.05) is 25.1 Å². The molecule has 0 saturated heterocycles. The van der Waals surface area contributed by atoms with Gasteiger partial charge in [-0.05, 0) is 37.5 Å². The van der Waals surface area contributed by atoms with Gasteiger partial charge in [0.2, 0.25) is 0 Å². The van der Waals surface area contributed by atoms with Crippen LogP contribution in [0.25, 0.3) is 0 Å². The number of rotatable bonds is 3. The van der Waals surface area contributed by atoms with E-state index in [1.54, 1.807) is 6.07 Å². The molecule has 0 radical (unpaired) electrons. The van der Waals surface area contributed by atoms with E-state index < -0.39 is 5.91 Å². The van der Waals surface area contributed by atoms with Crippen LogP contribution in [0, 0.1) is 6.92 Å². The highest BCUT2D eigenvalue weighted by atomic mass is 35.5. The summed E-state index contributed by atoms with van der Waals surface area (Å²) in [6, 6.07) is 7.58. The first-order chi connectivity index (χ1) is 13.6. The number of imide groups is 1. The van der Waals surface area contributed by atoms with Crippen molar-refractivity contribution < 1.29 is 9.59 Å². The van der Waals surface area contributed by atoms with E-state index >= 15 is 0 Å². The zero-order chi connectivity index (χ0) is 19.9. The summed E-state index contributed by atoms with van der Waals surface area (Å²) in [5.74, 6) is -0.778. The largest absolute Gasteiger partial charge is 0.376 e. The molecule has 1 aromatic rings. The number of carbonyl (C=O) groups is 2. The van der Waals surface area contributed by atoms with Gasteiger partial charge in [0.05, 0.1) is 5.69 Å². The van der Waals surface area contributed by atoms with Crippen LogP contribution in [0.15, 0.2) is 35.0 Å². The van der Waals surface area contributed by atoms with Crippen LogP contribution in [0.5, 0.6) is 0 Å². The molecule has 152 valence electrons. The van der Waals surface area contributed by atoms with Crippen molar-refractivity contribution >= 4 is 29.1 Å². The van der Waals surface area contributed by atoms with Crippen molar-refractivity contribution in [3.05, 3.63) is 40.6 Å². The number of nitrogens with zero attached hydrogens (tertiary/aromatic N) is 1. The van der Waals surface area contributed by atoms with Crippen molar-refractivity contribution in [2.24, 2.45) is 0 Å². The summed E-state index contributed by atoms with van der Waals surface area (Å²) in [5.41, 5.74) is 1.84. The Morgan fingerprint density at radius 2 is 1.46 bits per heavy atom. The Labute approximate surface area is 173 Å². The van der Waals surface area contributed by atoms with Crippen molar-refractivity contribution in [2.45, 2.75) is 83.6 Å². The lowest BCUT2D eigenvalue weighted by molar-refractivity contribution is -0.120. The first-order valence-electron chi connectivity index (χ1n) is 10.7. The molecule has 0 spiro atoms. The smallest absolute Gasteiger partial charge is 0.283 e. The van der Waals surface area contributed by atoms with Gasteiger partial charge < -0.3 is 5.32 Å². The van der Waals surface area contributed by atoms with Crippen LogP contribution in [0.3, 0.4) is 0 Å². The van der Waals surface area contributed by atoms with Crippen LogP contribution in [0.2, 0.25) is 0 Å². The second kappa shape index (κ2) is 10.1. The molecule has 2 aliphatic rings. The fraction of sp³-hybridized carbons (Fsp3) is 0.565. The lowest BCUT2D eigenvalue weighted by atomic mass is 9.98. The summed E-state index contributed by atoms with van der Waals surface area (Å²) >= 11 is 6.31. The fourth-order valence-electron chi connectivity index (χ4n) is 4.14. The quantitative estimate of drug-likeness (QED) is 0.671. The molecule has 0 atom stereocenters. The SMILES string of the molecule is Cc1cccc(N2C(=O)C(Cl)=C(NC3CCCCCCCCCCC3)C2=O)c1. The predicted octanol–water partition coefficient (Wildman–Crippen LogP) is 5.58. The Bertz CT molecular complexity index is 732. The maximum absolute atomic E-state index is 13.0. The Balaban J connectivity index is 1.70. The first-order valence-corrected chi connectivity index (χ1v) is 11.1. The molecule has 5 heteroatoms. The third-order valence-electron chi connectivity index (χ3n) is 5.74. The molecule has 1 saturated carbocycles. The molecule has 2 amide bonds. The summed E-state index contributed by atoms with van der Waals surface area (Å²) < 4.78 is 0. The van der Waals surface area contributed by atoms with Crippen LogP contribution in [-0.2, 0) is 9.59 Å². The Hall–Kier alpha value is -1.81. The van der Waals surface area contributed by atoms with Gasteiger partial charge in [0.25, 0.3) is 11.8 Å². The second-order valence-corrected chi connectivity index (χ2v) is 8.45. The predicted molar refractivity (Wildman–Crippen MR) is 114 cm³/mol. The van der Waals surface area contributed by atoms with Gasteiger partial charge in [-0.1, -0.05) is 81.5 Å². The van der Waals surface area contributed by atoms with Crippen molar-refractivity contribution in [1.29, 1.82) is 0 Å². The van der Waals surface area contributed by atoms with Crippen LogP contribution in [0.4, 0.5) is 5.69 Å². The zero-order valence-electron chi connectivity index (χ0n) is 16.8. The monoisotopic (exact) mass is 402 g/mol. The number of anilines is 1. The minimum absolute atomic E-state index is 0.0117. The molecule has 4 nitrogen and oxygen atoms in total. The van der Waals surface area contributed by atoms with Crippen molar-refractivity contribution in [3.63, 3.8) is 0 Å². The summed E-state index contributed by atoms with van der Waals surface area (Å²) in [4.78, 5) is 26.8. The van der Waals surface area contributed by atoms with E-state index in [4.69, 9.17) is 11.6 Å². The van der Waals surface area contributed by atoms with E-state index in [1.165, 1.54) is 49.8 Å². The second-order valence-electron chi connectivity index (χ2n) is 8.07. The van der Waals surface area contributed by atoms with Crippen LogP contribution < -0.4 is 10.2 Å². The van der Waals surface area contributed by atoms with Crippen molar-refractivity contribution in [1.82, 2.24) is 5.32 Å². The van der Waals surface area contributed by atoms with Gasteiger partial charge in [-0.25, -0.2) is 4.90 Å². The third kappa shape index (κ3) is 5.16. The van der Waals surface area contributed by atoms with Gasteiger partial charge in [-0.2, -0.15) is 0 Å². The summed E-state index contributed by atoms with van der Waals surface area (Å²) in [5, 5.41) is 3.36. The molecule has 1 aliphatic carbocycles. The van der Waals surface area contributed by atoms with E-state index in [-0.39, 0.29) is 22.7 Å². The molecule has 1 N–H and O–H groups in total. The van der Waals surface area contributed by atoms with Gasteiger partial charge in [-0.15, -0.1) is 0 Å². The Morgan fingerprint density at radius 3 is 2.04 bits per heavy atom. The number of hydrogen-bond donors (Lipinski definition) is 1. The van der Waals surface area contributed by atoms with E-state index in [2.05, 4.69) is 5.32 Å². The molecule has 3 rings (SSSR count). The number of halogens is 1. The molecule has 0 unspecified atom stereocenters. The van der Waals surface area contributed by atoms with Crippen LogP contribution in [0.1, 0.15) is 76.2 Å². The average Bonchev–Trinajstić information content (AvgIpc) is 2.87. The van der Waals surface area contributed by atoms with E-state index in [0.717, 1.165) is 31.2 Å². The lowest BCUT2D eigenvalue weighted by Crippen LogP contribution is -2.37. The van der Waals surface area contributed by atoms with Crippen LogP contribution >= 0.6 is 11.6 Å². The molecule has 1 aliphatic heterocycles. The number of aryl methyl sites for hydroxylation is 1. The minimum atomic E-state index is -0.437. The minimum Gasteiger partial charge on any atom is -0.376 e. The number of carbonyl (C=O) groups excluding carboxylic acids is 2. The third-order valence-corrected chi connectivity index (χ3v) is 6.09. The molecule has 1 aromatic carbocycles. The average molecular weight is 403 g/mol. The molecule has 1 heterocycles. The molecular weight excluding hydrogens is 372 g/mol. The molecular formula is C23H31ClN2O2. The van der Waals surface area contributed by atoms with E-state index in [0.29, 0.717) is 5.69 Å². The van der Waals surface area contributed by atoms with Crippen molar-refractivity contribution in [2.75, 3.05) is 4.90 Å². The molecule has 0 bridgehead atoms. The maximum atomic E-state index is 13.0. The molecule has 0 aromatic heterocycles. The standard InChI is InChI=1S/C23H31ClN2O2/c1-17-12-11-15-19(16-17)26-22(27)20(24)21(23(26)28)25-18-13-9-7-5-3-2-4-6-8-10-14-18/h11-12,15-16,18,25H,2-10,13-14H2,1H3. The van der Waals surface area contributed by atoms with Gasteiger partial charge in [0.15, 0.2) is 0 Å². The highest BCUT2D eigenvalue weighted by molar-refractivity contribution is 6.52. The number of amides is 2. The van der Waals surface area contributed by atoms with Gasteiger partial charge >= 0.3 is 0 Å². The Kier molecular flexibility index (Phi) is 7.55. The fourth-order valence-corrected chi connectivity index (χ4v) is 4.36. The highest BCUT2D eigenvalue weighted by Crippen LogP contribution is 2.29. The first kappa shape index (κ1) is 20.9.